The standard InChI is InChI=1S/C12H19N9O7S/c13-3-4-20-17-9(14-18-20)5-10(22)15-16-11(23)8-2-1-7-6-19(8)12(24)21(7)28-29(25,26)27/h7-8H,1-6,13H2,(H,15,22)(H,16,23)(H,25,26,27). The number of amides is 4. The largest absolute Gasteiger partial charge is 0.418 e. The molecule has 16 nitrogen and oxygen atoms in total. The van der Waals surface area contributed by atoms with Crippen LogP contribution >= 0.6 is 0 Å². The van der Waals surface area contributed by atoms with Gasteiger partial charge >= 0.3 is 16.4 Å². The van der Waals surface area contributed by atoms with Crippen LogP contribution in [-0.2, 0) is 37.2 Å². The number of tetrazole rings is 1. The first kappa shape index (κ1) is 20.8. The molecular formula is C12H19N9O7S. The van der Waals surface area contributed by atoms with Gasteiger partial charge in [-0.1, -0.05) is 0 Å². The van der Waals surface area contributed by atoms with Crippen LogP contribution in [-0.4, -0.2) is 86.2 Å². The summed E-state index contributed by atoms with van der Waals surface area (Å²) in [6, 6.07) is -2.44. The third kappa shape index (κ3) is 4.94. The molecule has 17 heteroatoms. The highest BCUT2D eigenvalue weighted by atomic mass is 32.3. The molecule has 3 heterocycles. The fourth-order valence-corrected chi connectivity index (χ4v) is 3.45. The van der Waals surface area contributed by atoms with Crippen molar-refractivity contribution >= 4 is 28.2 Å². The van der Waals surface area contributed by atoms with Crippen LogP contribution in [0.2, 0.25) is 0 Å². The number of carbonyl (C=O) groups excluding carboxylic acids is 3. The smallest absolute Gasteiger partial charge is 0.329 e. The summed E-state index contributed by atoms with van der Waals surface area (Å²) in [5, 5.41) is 11.8. The molecule has 160 valence electrons. The van der Waals surface area contributed by atoms with Crippen LogP contribution in [0.1, 0.15) is 18.7 Å². The van der Waals surface area contributed by atoms with Gasteiger partial charge in [-0.2, -0.15) is 18.3 Å². The summed E-state index contributed by atoms with van der Waals surface area (Å²) >= 11 is 0. The Morgan fingerprint density at radius 1 is 1.31 bits per heavy atom. The van der Waals surface area contributed by atoms with Crippen molar-refractivity contribution in [2.24, 2.45) is 5.73 Å². The molecule has 0 aliphatic carbocycles. The average molecular weight is 433 g/mol. The second kappa shape index (κ2) is 8.23. The number of hydrazine groups is 1. The quantitative estimate of drug-likeness (QED) is 0.242. The van der Waals surface area contributed by atoms with Crippen LogP contribution in [0.25, 0.3) is 0 Å². The number of aromatic nitrogens is 4. The second-order valence-corrected chi connectivity index (χ2v) is 7.32. The van der Waals surface area contributed by atoms with E-state index in [-0.39, 0.29) is 31.6 Å². The molecule has 29 heavy (non-hydrogen) atoms. The fourth-order valence-electron chi connectivity index (χ4n) is 3.06. The van der Waals surface area contributed by atoms with Gasteiger partial charge in [0.25, 0.3) is 5.91 Å². The Morgan fingerprint density at radius 2 is 2.07 bits per heavy atom. The maximum atomic E-state index is 12.4. The topological polar surface area (TPSA) is 215 Å². The number of hydrogen-bond acceptors (Lipinski definition) is 10. The summed E-state index contributed by atoms with van der Waals surface area (Å²) in [6.07, 6.45) is 0.229. The Kier molecular flexibility index (Phi) is 5.91. The van der Waals surface area contributed by atoms with E-state index in [1.807, 2.05) is 0 Å². The first-order valence-corrected chi connectivity index (χ1v) is 9.86. The van der Waals surface area contributed by atoms with Crippen molar-refractivity contribution in [3.8, 4) is 0 Å². The fraction of sp³-hybridized carbons (Fsp3) is 0.667. The lowest BCUT2D eigenvalue weighted by atomic mass is 10.0. The molecule has 1 aromatic heterocycles. The number of nitrogens with two attached hydrogens (primary N) is 1. The van der Waals surface area contributed by atoms with E-state index in [1.165, 1.54) is 4.80 Å². The zero-order valence-corrected chi connectivity index (χ0v) is 15.8. The number of hydrogen-bond donors (Lipinski definition) is 4. The van der Waals surface area contributed by atoms with Crippen LogP contribution in [0, 0.1) is 0 Å². The number of piperidine rings is 1. The van der Waals surface area contributed by atoms with E-state index in [1.54, 1.807) is 0 Å². The monoisotopic (exact) mass is 433 g/mol. The molecule has 2 fully saturated rings. The molecule has 2 atom stereocenters. The Morgan fingerprint density at radius 3 is 2.76 bits per heavy atom. The van der Waals surface area contributed by atoms with Crippen molar-refractivity contribution < 1.29 is 31.6 Å². The van der Waals surface area contributed by atoms with Crippen molar-refractivity contribution in [3.63, 3.8) is 0 Å². The Hall–Kier alpha value is -2.89. The van der Waals surface area contributed by atoms with Crippen LogP contribution in [0.5, 0.6) is 0 Å². The van der Waals surface area contributed by atoms with Crippen molar-refractivity contribution in [2.75, 3.05) is 13.1 Å². The molecule has 5 N–H and O–H groups in total. The lowest BCUT2D eigenvalue weighted by Gasteiger charge is -2.29. The number of hydroxylamine groups is 2. The molecular weight excluding hydrogens is 414 g/mol. The molecule has 0 saturated carbocycles. The summed E-state index contributed by atoms with van der Waals surface area (Å²) in [4.78, 5) is 38.9. The van der Waals surface area contributed by atoms with Gasteiger partial charge in [-0.25, -0.2) is 4.79 Å². The Balaban J connectivity index is 1.52. The highest BCUT2D eigenvalue weighted by molar-refractivity contribution is 7.80. The van der Waals surface area contributed by atoms with Gasteiger partial charge in [0.15, 0.2) is 5.82 Å². The van der Waals surface area contributed by atoms with Gasteiger partial charge in [0.2, 0.25) is 5.91 Å². The molecule has 2 unspecified atom stereocenters. The van der Waals surface area contributed by atoms with Gasteiger partial charge in [-0.05, 0) is 18.1 Å². The first-order valence-electron chi connectivity index (χ1n) is 8.50. The summed E-state index contributed by atoms with van der Waals surface area (Å²) in [7, 11) is -4.87. The maximum absolute atomic E-state index is 12.4. The maximum Gasteiger partial charge on any atom is 0.418 e. The van der Waals surface area contributed by atoms with Crippen molar-refractivity contribution in [3.05, 3.63) is 5.82 Å². The molecule has 2 aliphatic rings. The molecule has 0 aromatic carbocycles. The first-order chi connectivity index (χ1) is 13.7. The zero-order chi connectivity index (χ0) is 21.2. The van der Waals surface area contributed by atoms with Gasteiger partial charge in [0, 0.05) is 13.1 Å². The summed E-state index contributed by atoms with van der Waals surface area (Å²) < 4.78 is 34.8. The van der Waals surface area contributed by atoms with Crippen molar-refractivity contribution in [1.29, 1.82) is 0 Å². The van der Waals surface area contributed by atoms with E-state index in [9.17, 15) is 22.8 Å². The normalized spacial score (nSPS) is 21.4. The van der Waals surface area contributed by atoms with Gasteiger partial charge in [0.05, 0.1) is 19.0 Å². The second-order valence-electron chi connectivity index (χ2n) is 6.31. The van der Waals surface area contributed by atoms with Crippen LogP contribution in [0.4, 0.5) is 4.79 Å². The number of urea groups is 1. The van der Waals surface area contributed by atoms with Crippen LogP contribution in [0.3, 0.4) is 0 Å². The highest BCUT2D eigenvalue weighted by Crippen LogP contribution is 2.30. The lowest BCUT2D eigenvalue weighted by molar-refractivity contribution is -0.131. The van der Waals surface area contributed by atoms with E-state index in [4.69, 9.17) is 10.3 Å². The molecule has 2 aliphatic heterocycles. The third-order valence-corrected chi connectivity index (χ3v) is 4.62. The minimum Gasteiger partial charge on any atom is -0.329 e. The predicted molar refractivity (Wildman–Crippen MR) is 90.2 cm³/mol. The van der Waals surface area contributed by atoms with Crippen LogP contribution in [0.15, 0.2) is 0 Å². The van der Waals surface area contributed by atoms with Crippen LogP contribution < -0.4 is 16.6 Å². The minimum atomic E-state index is -4.87. The average Bonchev–Trinajstić information content (AvgIpc) is 3.17. The van der Waals surface area contributed by atoms with Gasteiger partial charge in [-0.3, -0.25) is 25.0 Å². The predicted octanol–water partition coefficient (Wildman–Crippen LogP) is -3.68. The SMILES string of the molecule is NCCn1nnc(CC(=O)NNC(=O)C2CCC3CN2C(=O)N3OS(=O)(=O)O)n1. The summed E-state index contributed by atoms with van der Waals surface area (Å²) in [6.45, 7) is 0.687. The van der Waals surface area contributed by atoms with E-state index < -0.39 is 40.3 Å². The molecule has 2 saturated heterocycles. The zero-order valence-electron chi connectivity index (χ0n) is 15.0. The number of rotatable bonds is 7. The van der Waals surface area contributed by atoms with E-state index in [2.05, 4.69) is 30.5 Å². The molecule has 0 radical (unpaired) electrons. The molecule has 1 aromatic rings. The molecule has 3 rings (SSSR count). The number of nitrogens with zero attached hydrogens (tertiary/aromatic N) is 6. The van der Waals surface area contributed by atoms with Crippen molar-refractivity contribution in [2.45, 2.75) is 37.9 Å². The Labute approximate surface area is 164 Å². The Bertz CT molecular complexity index is 903. The van der Waals surface area contributed by atoms with E-state index >= 15 is 0 Å². The minimum absolute atomic E-state index is 0.0363. The van der Waals surface area contributed by atoms with E-state index in [0.29, 0.717) is 18.2 Å². The lowest BCUT2D eigenvalue weighted by Crippen LogP contribution is -2.54. The van der Waals surface area contributed by atoms with E-state index in [0.717, 1.165) is 4.90 Å². The van der Waals surface area contributed by atoms with Crippen molar-refractivity contribution in [1.82, 2.24) is 41.0 Å². The van der Waals surface area contributed by atoms with Gasteiger partial charge < -0.3 is 10.6 Å². The van der Waals surface area contributed by atoms with Gasteiger partial charge in [-0.15, -0.1) is 14.5 Å². The number of fused-ring (bicyclic) bond motifs is 2. The number of carbonyl (C=O) groups is 3. The molecule has 2 bridgehead atoms. The highest BCUT2D eigenvalue weighted by Gasteiger charge is 2.49. The molecule has 0 spiro atoms. The van der Waals surface area contributed by atoms with Gasteiger partial charge in [0.1, 0.15) is 6.04 Å². The number of nitrogens with one attached hydrogen (secondary N) is 2. The summed E-state index contributed by atoms with van der Waals surface area (Å²) in [5.41, 5.74) is 9.76. The molecule has 4 amide bonds. The third-order valence-electron chi connectivity index (χ3n) is 4.27. The summed E-state index contributed by atoms with van der Waals surface area (Å²) in [5.74, 6) is -1.14.